The molecule has 0 radical (unpaired) electrons. The Bertz CT molecular complexity index is 962. The number of carbonyl (C=O) groups is 2. The quantitative estimate of drug-likeness (QED) is 0.476. The Balaban J connectivity index is 1.67. The van der Waals surface area contributed by atoms with Crippen LogP contribution in [-0.2, 0) is 4.79 Å². The summed E-state index contributed by atoms with van der Waals surface area (Å²) in [7, 11) is 0. The lowest BCUT2D eigenvalue weighted by atomic mass is 10.1. The zero-order chi connectivity index (χ0) is 19.6. The molecule has 2 heterocycles. The molecule has 140 valence electrons. The van der Waals surface area contributed by atoms with Crippen LogP contribution in [0, 0.1) is 24.0 Å². The zero-order valence-electron chi connectivity index (χ0n) is 14.4. The summed E-state index contributed by atoms with van der Waals surface area (Å²) < 4.78 is 15.5. The normalized spacial score (nSPS) is 12.2. The molecule has 2 aromatic rings. The summed E-state index contributed by atoms with van der Waals surface area (Å²) >= 11 is 0. The molecule has 0 aliphatic carbocycles. The number of hydrogen-bond donors (Lipinski definition) is 2. The molecule has 0 unspecified atom stereocenters. The number of nitrogens with zero attached hydrogens (tertiary/aromatic N) is 1. The summed E-state index contributed by atoms with van der Waals surface area (Å²) in [4.78, 5) is 34.5. The first-order chi connectivity index (χ1) is 12.8. The van der Waals surface area contributed by atoms with Crippen LogP contribution in [0.4, 0.5) is 5.69 Å². The van der Waals surface area contributed by atoms with E-state index in [9.17, 15) is 19.7 Å². The van der Waals surface area contributed by atoms with Crippen molar-refractivity contribution in [3.8, 4) is 11.5 Å². The van der Waals surface area contributed by atoms with E-state index in [1.807, 2.05) is 0 Å². The van der Waals surface area contributed by atoms with Crippen molar-refractivity contribution in [3.05, 3.63) is 57.0 Å². The molecule has 0 fully saturated rings. The topological polar surface area (TPSA) is 133 Å². The molecule has 3 rings (SSSR count). The summed E-state index contributed by atoms with van der Waals surface area (Å²) in [5.41, 5.74) is 4.65. The molecule has 0 atom stereocenters. The molecule has 27 heavy (non-hydrogen) atoms. The van der Waals surface area contributed by atoms with Crippen molar-refractivity contribution in [2.45, 2.75) is 13.8 Å². The molecule has 1 aliphatic heterocycles. The van der Waals surface area contributed by atoms with E-state index in [0.717, 1.165) is 6.08 Å². The van der Waals surface area contributed by atoms with Crippen molar-refractivity contribution in [2.24, 2.45) is 0 Å². The molecule has 0 spiro atoms. The highest BCUT2D eigenvalue weighted by atomic mass is 16.7. The first-order valence-electron chi connectivity index (χ1n) is 7.78. The maximum atomic E-state index is 12.0. The van der Waals surface area contributed by atoms with Gasteiger partial charge in [0.25, 0.3) is 17.5 Å². The fourth-order valence-corrected chi connectivity index (χ4v) is 2.49. The van der Waals surface area contributed by atoms with Gasteiger partial charge in [-0.05, 0) is 32.1 Å². The van der Waals surface area contributed by atoms with Crippen LogP contribution in [0.3, 0.4) is 0 Å². The van der Waals surface area contributed by atoms with Crippen molar-refractivity contribution in [1.82, 2.24) is 10.9 Å². The first-order valence-corrected chi connectivity index (χ1v) is 7.78. The fourth-order valence-electron chi connectivity index (χ4n) is 2.49. The zero-order valence-corrected chi connectivity index (χ0v) is 14.4. The van der Waals surface area contributed by atoms with E-state index < -0.39 is 16.7 Å². The van der Waals surface area contributed by atoms with E-state index in [4.69, 9.17) is 13.9 Å². The molecule has 10 nitrogen and oxygen atoms in total. The number of nitro benzene ring substituents is 1. The minimum Gasteiger partial charge on any atom is -0.466 e. The Labute approximate surface area is 152 Å². The van der Waals surface area contributed by atoms with Crippen LogP contribution in [0.2, 0.25) is 0 Å². The van der Waals surface area contributed by atoms with Crippen LogP contribution in [-0.4, -0.2) is 23.5 Å². The molecular weight excluding hydrogens is 358 g/mol. The minimum atomic E-state index is -0.673. The summed E-state index contributed by atoms with van der Waals surface area (Å²) in [5, 5.41) is 11.2. The largest absolute Gasteiger partial charge is 0.466 e. The third-order valence-electron chi connectivity index (χ3n) is 3.72. The number of hydrogen-bond acceptors (Lipinski definition) is 7. The van der Waals surface area contributed by atoms with Crippen LogP contribution in [0.5, 0.6) is 11.5 Å². The van der Waals surface area contributed by atoms with Gasteiger partial charge in [0.2, 0.25) is 6.79 Å². The molecule has 2 N–H and O–H groups in total. The van der Waals surface area contributed by atoms with Gasteiger partial charge in [-0.2, -0.15) is 0 Å². The smallest absolute Gasteiger partial charge is 0.280 e. The van der Waals surface area contributed by atoms with Gasteiger partial charge in [0, 0.05) is 6.08 Å². The van der Waals surface area contributed by atoms with E-state index in [0.29, 0.717) is 22.8 Å². The number of carbonyl (C=O) groups excluding carboxylic acids is 2. The van der Waals surface area contributed by atoms with Crippen LogP contribution in [0.1, 0.15) is 27.4 Å². The maximum absolute atomic E-state index is 12.0. The predicted molar refractivity (Wildman–Crippen MR) is 92.0 cm³/mol. The third-order valence-corrected chi connectivity index (χ3v) is 3.72. The van der Waals surface area contributed by atoms with E-state index in [1.54, 1.807) is 19.9 Å². The maximum Gasteiger partial charge on any atom is 0.280 e. The Kier molecular flexibility index (Phi) is 4.79. The van der Waals surface area contributed by atoms with Gasteiger partial charge >= 0.3 is 0 Å². The van der Waals surface area contributed by atoms with Gasteiger partial charge in [-0.1, -0.05) is 0 Å². The summed E-state index contributed by atoms with van der Waals surface area (Å²) in [6.07, 6.45) is 2.30. The van der Waals surface area contributed by atoms with Crippen LogP contribution < -0.4 is 20.3 Å². The lowest BCUT2D eigenvalue weighted by molar-refractivity contribution is -0.385. The fraction of sp³-hybridized carbons (Fsp3) is 0.176. The van der Waals surface area contributed by atoms with Gasteiger partial charge in [-0.15, -0.1) is 0 Å². The second kappa shape index (κ2) is 7.20. The Morgan fingerprint density at radius 3 is 2.48 bits per heavy atom. The van der Waals surface area contributed by atoms with E-state index in [-0.39, 0.29) is 23.8 Å². The van der Waals surface area contributed by atoms with Crippen molar-refractivity contribution < 1.29 is 28.4 Å². The van der Waals surface area contributed by atoms with Gasteiger partial charge in [0.15, 0.2) is 11.5 Å². The van der Waals surface area contributed by atoms with E-state index in [2.05, 4.69) is 10.9 Å². The number of hydrazine groups is 1. The monoisotopic (exact) mass is 373 g/mol. The molecule has 0 saturated heterocycles. The molecule has 2 amide bonds. The molecule has 1 aromatic heterocycles. The number of fused-ring (bicyclic) bond motifs is 1. The van der Waals surface area contributed by atoms with Crippen LogP contribution >= 0.6 is 0 Å². The third kappa shape index (κ3) is 3.89. The van der Waals surface area contributed by atoms with Crippen LogP contribution in [0.25, 0.3) is 6.08 Å². The average Bonchev–Trinajstić information content (AvgIpc) is 3.21. The average molecular weight is 373 g/mol. The van der Waals surface area contributed by atoms with E-state index in [1.165, 1.54) is 18.2 Å². The number of ether oxygens (including phenoxy) is 2. The number of nitrogens with one attached hydrogen (secondary N) is 2. The van der Waals surface area contributed by atoms with Crippen molar-refractivity contribution in [3.63, 3.8) is 0 Å². The number of benzene rings is 1. The highest BCUT2D eigenvalue weighted by Crippen LogP contribution is 2.38. The lowest BCUT2D eigenvalue weighted by Gasteiger charge is -2.04. The second-order valence-corrected chi connectivity index (χ2v) is 5.63. The second-order valence-electron chi connectivity index (χ2n) is 5.63. The SMILES string of the molecule is Cc1cc(C(=O)NNC(=O)/C=C/c2cc3c(cc2[N+](=O)[O-])OCO3)c(C)o1. The number of furan rings is 1. The van der Waals surface area contributed by atoms with Crippen molar-refractivity contribution in [1.29, 1.82) is 0 Å². The summed E-state index contributed by atoms with van der Waals surface area (Å²) in [6.45, 7) is 3.30. The Hall–Kier alpha value is -3.82. The molecule has 0 bridgehead atoms. The first kappa shape index (κ1) is 18.0. The molecule has 1 aromatic carbocycles. The highest BCUT2D eigenvalue weighted by Gasteiger charge is 2.22. The standard InChI is InChI=1S/C17H15N3O7/c1-9-5-12(10(2)27-9)17(22)19-18-16(21)4-3-11-6-14-15(26-8-25-14)7-13(11)20(23)24/h3-7H,8H2,1-2H3,(H,18,21)(H,19,22)/b4-3+. The van der Waals surface area contributed by atoms with Gasteiger partial charge in [-0.3, -0.25) is 30.6 Å². The number of aryl methyl sites for hydroxylation is 2. The van der Waals surface area contributed by atoms with Gasteiger partial charge in [-0.25, -0.2) is 0 Å². The summed E-state index contributed by atoms with van der Waals surface area (Å²) in [6, 6.07) is 4.18. The Morgan fingerprint density at radius 1 is 1.15 bits per heavy atom. The van der Waals surface area contributed by atoms with Crippen molar-refractivity contribution >= 4 is 23.6 Å². The Morgan fingerprint density at radius 2 is 1.85 bits per heavy atom. The number of nitro groups is 1. The number of rotatable bonds is 4. The summed E-state index contributed by atoms with van der Waals surface area (Å²) in [5.74, 6) is 0.388. The van der Waals surface area contributed by atoms with E-state index >= 15 is 0 Å². The van der Waals surface area contributed by atoms with Crippen molar-refractivity contribution in [2.75, 3.05) is 6.79 Å². The predicted octanol–water partition coefficient (Wildman–Crippen LogP) is 2.01. The molecular formula is C17H15N3O7. The molecule has 0 saturated carbocycles. The van der Waals surface area contributed by atoms with Gasteiger partial charge in [0.1, 0.15) is 11.5 Å². The van der Waals surface area contributed by atoms with Gasteiger partial charge in [0.05, 0.1) is 22.1 Å². The highest BCUT2D eigenvalue weighted by molar-refractivity contribution is 5.98. The molecule has 10 heteroatoms. The minimum absolute atomic E-state index is 0.0287. The molecule has 1 aliphatic rings. The lowest BCUT2D eigenvalue weighted by Crippen LogP contribution is -2.40. The number of amides is 2. The van der Waals surface area contributed by atoms with Crippen LogP contribution in [0.15, 0.2) is 28.7 Å². The van der Waals surface area contributed by atoms with Gasteiger partial charge < -0.3 is 13.9 Å².